The Morgan fingerprint density at radius 3 is 2.55 bits per heavy atom. The Hall–Kier alpha value is -3.93. The zero-order valence-electron chi connectivity index (χ0n) is 15.3. The molecule has 0 aromatic heterocycles. The molecule has 0 aliphatic carbocycles. The third-order valence-electron chi connectivity index (χ3n) is 4.36. The molecule has 29 heavy (non-hydrogen) atoms. The summed E-state index contributed by atoms with van der Waals surface area (Å²) < 4.78 is 29.3. The summed E-state index contributed by atoms with van der Waals surface area (Å²) in [5, 5.41) is 0. The number of rotatable bonds is 4. The minimum absolute atomic E-state index is 0.145. The lowest BCUT2D eigenvalue weighted by Gasteiger charge is -2.06. The number of Topliss-reactive ketones (excluding diaryl/α,β-unsaturated/α-hetero) is 1. The second-order valence-corrected chi connectivity index (χ2v) is 6.24. The quantitative estimate of drug-likeness (QED) is 0.368. The van der Waals surface area contributed by atoms with Crippen molar-refractivity contribution in [3.8, 4) is 17.2 Å². The number of esters is 1. The van der Waals surface area contributed by atoms with Crippen LogP contribution < -0.4 is 14.2 Å². The molecule has 5 nitrogen and oxygen atoms in total. The van der Waals surface area contributed by atoms with E-state index >= 15 is 0 Å². The van der Waals surface area contributed by atoms with Gasteiger partial charge in [-0.05, 0) is 48.5 Å². The van der Waals surface area contributed by atoms with Crippen LogP contribution in [0.3, 0.4) is 0 Å². The highest BCUT2D eigenvalue weighted by atomic mass is 19.1. The van der Waals surface area contributed by atoms with Crippen LogP contribution in [0.4, 0.5) is 4.39 Å². The molecule has 0 amide bonds. The van der Waals surface area contributed by atoms with E-state index in [1.54, 1.807) is 25.3 Å². The van der Waals surface area contributed by atoms with E-state index < -0.39 is 11.8 Å². The molecule has 144 valence electrons. The number of hydrogen-bond donors (Lipinski definition) is 0. The summed E-state index contributed by atoms with van der Waals surface area (Å²) in [6, 6.07) is 16.8. The molecule has 0 N–H and O–H groups in total. The number of ketones is 1. The average Bonchev–Trinajstić information content (AvgIpc) is 3.03. The average molecular weight is 390 g/mol. The number of para-hydroxylation sites is 1. The minimum Gasteiger partial charge on any atom is -0.496 e. The van der Waals surface area contributed by atoms with Gasteiger partial charge >= 0.3 is 5.97 Å². The molecular weight excluding hydrogens is 375 g/mol. The van der Waals surface area contributed by atoms with Gasteiger partial charge in [-0.1, -0.05) is 18.2 Å². The first kappa shape index (κ1) is 18.4. The molecule has 0 atom stereocenters. The van der Waals surface area contributed by atoms with E-state index in [2.05, 4.69) is 0 Å². The van der Waals surface area contributed by atoms with Gasteiger partial charge in [-0.25, -0.2) is 9.18 Å². The molecule has 4 rings (SSSR count). The summed E-state index contributed by atoms with van der Waals surface area (Å²) in [6.45, 7) is 0. The number of carbonyl (C=O) groups excluding carboxylic acids is 2. The maximum atomic E-state index is 13.0. The number of hydrogen-bond acceptors (Lipinski definition) is 5. The van der Waals surface area contributed by atoms with Crippen LogP contribution in [0.15, 0.2) is 72.5 Å². The van der Waals surface area contributed by atoms with Gasteiger partial charge in [0.25, 0.3) is 0 Å². The van der Waals surface area contributed by atoms with Gasteiger partial charge in [0.1, 0.15) is 23.1 Å². The van der Waals surface area contributed by atoms with Crippen molar-refractivity contribution in [1.82, 2.24) is 0 Å². The van der Waals surface area contributed by atoms with Crippen LogP contribution in [-0.2, 0) is 0 Å². The number of carbonyl (C=O) groups is 2. The lowest BCUT2D eigenvalue weighted by Crippen LogP contribution is -2.08. The highest BCUT2D eigenvalue weighted by Gasteiger charge is 2.28. The van der Waals surface area contributed by atoms with Crippen LogP contribution in [-0.4, -0.2) is 18.9 Å². The lowest BCUT2D eigenvalue weighted by molar-refractivity contribution is 0.0734. The molecule has 0 fully saturated rings. The summed E-state index contributed by atoms with van der Waals surface area (Å²) in [6.07, 6.45) is 1.60. The van der Waals surface area contributed by atoms with E-state index in [0.717, 1.165) is 0 Å². The molecule has 3 aromatic carbocycles. The number of methoxy groups -OCH3 is 1. The van der Waals surface area contributed by atoms with Crippen LogP contribution in [0.5, 0.6) is 17.2 Å². The van der Waals surface area contributed by atoms with Crippen molar-refractivity contribution >= 4 is 17.8 Å². The van der Waals surface area contributed by atoms with E-state index in [0.29, 0.717) is 22.6 Å². The largest absolute Gasteiger partial charge is 0.496 e. The van der Waals surface area contributed by atoms with Gasteiger partial charge in [-0.2, -0.15) is 0 Å². The molecule has 1 aliphatic rings. The van der Waals surface area contributed by atoms with Gasteiger partial charge in [-0.3, -0.25) is 4.79 Å². The molecule has 0 saturated heterocycles. The summed E-state index contributed by atoms with van der Waals surface area (Å²) in [4.78, 5) is 24.8. The number of fused-ring (bicyclic) bond motifs is 1. The first-order valence-corrected chi connectivity index (χ1v) is 8.74. The highest BCUT2D eigenvalue weighted by molar-refractivity contribution is 6.14. The van der Waals surface area contributed by atoms with Crippen molar-refractivity contribution < 1.29 is 28.2 Å². The SMILES string of the molecule is COc1ccccc1/C=C1/Oc2cc(OC(=O)c3ccc(F)cc3)ccc2C1=O. The van der Waals surface area contributed by atoms with Crippen LogP contribution in [0.1, 0.15) is 26.3 Å². The zero-order chi connectivity index (χ0) is 20.4. The number of benzene rings is 3. The second kappa shape index (κ2) is 7.59. The van der Waals surface area contributed by atoms with Crippen LogP contribution >= 0.6 is 0 Å². The van der Waals surface area contributed by atoms with Crippen molar-refractivity contribution in [2.45, 2.75) is 0 Å². The predicted octanol–water partition coefficient (Wildman–Crippen LogP) is 4.67. The Morgan fingerprint density at radius 1 is 1.03 bits per heavy atom. The van der Waals surface area contributed by atoms with Crippen molar-refractivity contribution in [3.05, 3.63) is 95.0 Å². The molecule has 3 aromatic rings. The van der Waals surface area contributed by atoms with E-state index in [-0.39, 0.29) is 22.9 Å². The van der Waals surface area contributed by atoms with Crippen LogP contribution in [0.2, 0.25) is 0 Å². The van der Waals surface area contributed by atoms with Gasteiger partial charge in [0, 0.05) is 11.6 Å². The van der Waals surface area contributed by atoms with Crippen LogP contribution in [0, 0.1) is 5.82 Å². The summed E-state index contributed by atoms with van der Waals surface area (Å²) in [5.41, 5.74) is 1.28. The van der Waals surface area contributed by atoms with Gasteiger partial charge < -0.3 is 14.2 Å². The third kappa shape index (κ3) is 3.73. The molecule has 1 heterocycles. The Bertz CT molecular complexity index is 1130. The normalized spacial score (nSPS) is 13.7. The molecule has 0 unspecified atom stereocenters. The molecular formula is C23H15FO5. The van der Waals surface area contributed by atoms with Crippen molar-refractivity contribution in [3.63, 3.8) is 0 Å². The molecule has 6 heteroatoms. The maximum Gasteiger partial charge on any atom is 0.343 e. The smallest absolute Gasteiger partial charge is 0.343 e. The van der Waals surface area contributed by atoms with Gasteiger partial charge in [-0.15, -0.1) is 0 Å². The maximum absolute atomic E-state index is 13.0. The number of ether oxygens (including phenoxy) is 3. The number of halogens is 1. The Kier molecular flexibility index (Phi) is 4.83. The fourth-order valence-corrected chi connectivity index (χ4v) is 2.91. The van der Waals surface area contributed by atoms with E-state index in [1.807, 2.05) is 12.1 Å². The Labute approximate surface area is 166 Å². The number of allylic oxidation sites excluding steroid dienone is 1. The standard InChI is InChI=1S/C23H15FO5/c1-27-19-5-3-2-4-15(19)12-21-22(25)18-11-10-17(13-20(18)29-21)28-23(26)14-6-8-16(24)9-7-14/h2-13H,1H3/b21-12+. The van der Waals surface area contributed by atoms with Gasteiger partial charge in [0.15, 0.2) is 5.76 Å². The third-order valence-corrected chi connectivity index (χ3v) is 4.36. The van der Waals surface area contributed by atoms with E-state index in [1.165, 1.54) is 42.5 Å². The van der Waals surface area contributed by atoms with Crippen LogP contribution in [0.25, 0.3) is 6.08 Å². The van der Waals surface area contributed by atoms with E-state index in [9.17, 15) is 14.0 Å². The minimum atomic E-state index is -0.640. The van der Waals surface area contributed by atoms with Gasteiger partial charge in [0.2, 0.25) is 5.78 Å². The molecule has 0 bridgehead atoms. The monoisotopic (exact) mass is 390 g/mol. The molecule has 1 aliphatic heterocycles. The first-order chi connectivity index (χ1) is 14.0. The van der Waals surface area contributed by atoms with Gasteiger partial charge in [0.05, 0.1) is 18.2 Å². The second-order valence-electron chi connectivity index (χ2n) is 6.24. The molecule has 0 spiro atoms. The topological polar surface area (TPSA) is 61.8 Å². The van der Waals surface area contributed by atoms with Crippen molar-refractivity contribution in [2.24, 2.45) is 0 Å². The highest BCUT2D eigenvalue weighted by Crippen LogP contribution is 2.35. The fraction of sp³-hybridized carbons (Fsp3) is 0.0435. The predicted molar refractivity (Wildman–Crippen MR) is 104 cm³/mol. The first-order valence-electron chi connectivity index (χ1n) is 8.74. The summed E-state index contributed by atoms with van der Waals surface area (Å²) in [7, 11) is 1.55. The zero-order valence-corrected chi connectivity index (χ0v) is 15.3. The summed E-state index contributed by atoms with van der Waals surface area (Å²) >= 11 is 0. The van der Waals surface area contributed by atoms with E-state index in [4.69, 9.17) is 14.2 Å². The Balaban J connectivity index is 1.56. The summed E-state index contributed by atoms with van der Waals surface area (Å²) in [5.74, 6) is -0.0977. The van der Waals surface area contributed by atoms with Crippen molar-refractivity contribution in [2.75, 3.05) is 7.11 Å². The van der Waals surface area contributed by atoms with Crippen molar-refractivity contribution in [1.29, 1.82) is 0 Å². The molecule has 0 saturated carbocycles. The Morgan fingerprint density at radius 2 is 1.79 bits per heavy atom. The molecule has 0 radical (unpaired) electrons. The lowest BCUT2D eigenvalue weighted by atomic mass is 10.1. The fourth-order valence-electron chi connectivity index (χ4n) is 2.91.